The predicted molar refractivity (Wildman–Crippen MR) is 169 cm³/mol. The third-order valence-corrected chi connectivity index (χ3v) is 7.73. The fourth-order valence-corrected chi connectivity index (χ4v) is 5.19. The number of hydrogen-bond donors (Lipinski definition) is 4. The van der Waals surface area contributed by atoms with E-state index in [1.54, 1.807) is 30.0 Å². The molecule has 5 aromatic rings. The third kappa shape index (κ3) is 7.70. The van der Waals surface area contributed by atoms with Crippen molar-refractivity contribution in [2.75, 3.05) is 5.32 Å². The van der Waals surface area contributed by atoms with E-state index in [1.807, 2.05) is 59.2 Å². The number of unbranched alkanes of at least 4 members (excludes halogenated alkanes) is 3. The number of aromatic nitrogens is 4. The Morgan fingerprint density at radius 2 is 1.77 bits per heavy atom. The molecule has 4 N–H and O–H groups in total. The van der Waals surface area contributed by atoms with Gasteiger partial charge in [-0.1, -0.05) is 66.0 Å². The SMILES string of the molecule is O=C(CCCCCC=Cc1ccc(C(=O)Nc2cc(-c3ccc4ncn(Cc5c(Cl)cccc5Cl)c4c3)[nH]n2)cc1)NO. The minimum absolute atomic E-state index is 0.259. The van der Waals surface area contributed by atoms with Crippen molar-refractivity contribution in [2.24, 2.45) is 0 Å². The maximum absolute atomic E-state index is 12.9. The molecule has 0 bridgehead atoms. The number of nitrogens with one attached hydrogen (secondary N) is 3. The molecule has 0 saturated carbocycles. The van der Waals surface area contributed by atoms with Crippen molar-refractivity contribution in [3.05, 3.63) is 106 Å². The van der Waals surface area contributed by atoms with Crippen molar-refractivity contribution in [1.82, 2.24) is 25.2 Å². The van der Waals surface area contributed by atoms with Gasteiger partial charge in [-0.25, -0.2) is 10.5 Å². The molecule has 3 aromatic carbocycles. The number of halogens is 2. The Bertz CT molecular complexity index is 1740. The minimum Gasteiger partial charge on any atom is -0.326 e. The van der Waals surface area contributed by atoms with Gasteiger partial charge in [-0.15, -0.1) is 0 Å². The van der Waals surface area contributed by atoms with Gasteiger partial charge >= 0.3 is 0 Å². The van der Waals surface area contributed by atoms with E-state index in [2.05, 4.69) is 26.6 Å². The summed E-state index contributed by atoms with van der Waals surface area (Å²) in [6, 6.07) is 20.5. The van der Waals surface area contributed by atoms with Gasteiger partial charge in [-0.3, -0.25) is 19.9 Å². The van der Waals surface area contributed by atoms with Crippen LogP contribution in [0.4, 0.5) is 5.82 Å². The average molecular weight is 618 g/mol. The van der Waals surface area contributed by atoms with Gasteiger partial charge < -0.3 is 9.88 Å². The minimum atomic E-state index is -0.356. The summed E-state index contributed by atoms with van der Waals surface area (Å²) in [4.78, 5) is 28.4. The van der Waals surface area contributed by atoms with Crippen molar-refractivity contribution in [1.29, 1.82) is 0 Å². The Balaban J connectivity index is 1.18. The number of rotatable bonds is 12. The second kappa shape index (κ2) is 14.2. The molecular formula is C32H30Cl2N6O3. The Kier molecular flexibility index (Phi) is 9.88. The number of imidazole rings is 1. The van der Waals surface area contributed by atoms with Crippen molar-refractivity contribution in [3.8, 4) is 11.3 Å². The Labute approximate surface area is 258 Å². The summed E-state index contributed by atoms with van der Waals surface area (Å²) in [7, 11) is 0. The Hall–Kier alpha value is -4.44. The number of benzene rings is 3. The molecule has 0 fully saturated rings. The van der Waals surface area contributed by atoms with E-state index in [-0.39, 0.29) is 11.8 Å². The van der Waals surface area contributed by atoms with Gasteiger partial charge in [0.1, 0.15) is 0 Å². The maximum atomic E-state index is 12.9. The van der Waals surface area contributed by atoms with E-state index in [9.17, 15) is 9.59 Å². The lowest BCUT2D eigenvalue weighted by Gasteiger charge is -2.09. The van der Waals surface area contributed by atoms with Crippen LogP contribution in [-0.2, 0) is 11.3 Å². The smallest absolute Gasteiger partial charge is 0.256 e. The van der Waals surface area contributed by atoms with Crippen LogP contribution in [0.3, 0.4) is 0 Å². The van der Waals surface area contributed by atoms with Crippen LogP contribution in [-0.4, -0.2) is 36.8 Å². The maximum Gasteiger partial charge on any atom is 0.256 e. The molecule has 2 aromatic heterocycles. The summed E-state index contributed by atoms with van der Waals surface area (Å²) in [5, 5.41) is 19.8. The first-order valence-electron chi connectivity index (χ1n) is 13.9. The fourth-order valence-electron chi connectivity index (χ4n) is 4.67. The highest BCUT2D eigenvalue weighted by molar-refractivity contribution is 6.36. The van der Waals surface area contributed by atoms with E-state index in [4.69, 9.17) is 28.4 Å². The molecule has 0 unspecified atom stereocenters. The number of aromatic amines is 1. The van der Waals surface area contributed by atoms with Gasteiger partial charge in [0.15, 0.2) is 5.82 Å². The fraction of sp³-hybridized carbons (Fsp3) is 0.188. The molecule has 0 aliphatic rings. The predicted octanol–water partition coefficient (Wildman–Crippen LogP) is 7.50. The van der Waals surface area contributed by atoms with Gasteiger partial charge in [0.05, 0.1) is 29.6 Å². The quantitative estimate of drug-likeness (QED) is 0.0656. The Morgan fingerprint density at radius 3 is 2.53 bits per heavy atom. The molecule has 11 heteroatoms. The highest BCUT2D eigenvalue weighted by atomic mass is 35.5. The highest BCUT2D eigenvalue weighted by Gasteiger charge is 2.13. The number of carbonyl (C=O) groups is 2. The number of hydrogen-bond acceptors (Lipinski definition) is 5. The van der Waals surface area contributed by atoms with Gasteiger partial charge in [0.2, 0.25) is 5.91 Å². The molecule has 2 amide bonds. The zero-order valence-corrected chi connectivity index (χ0v) is 24.7. The van der Waals surface area contributed by atoms with Gasteiger partial charge in [0.25, 0.3) is 5.91 Å². The van der Waals surface area contributed by atoms with Crippen LogP contribution in [0.5, 0.6) is 0 Å². The molecule has 220 valence electrons. The van der Waals surface area contributed by atoms with Crippen molar-refractivity contribution in [3.63, 3.8) is 0 Å². The van der Waals surface area contributed by atoms with E-state index < -0.39 is 0 Å². The number of allylic oxidation sites excluding steroid dienone is 1. The van der Waals surface area contributed by atoms with Crippen LogP contribution in [0.25, 0.3) is 28.4 Å². The first-order valence-corrected chi connectivity index (χ1v) is 14.6. The van der Waals surface area contributed by atoms with Crippen molar-refractivity contribution < 1.29 is 14.8 Å². The lowest BCUT2D eigenvalue weighted by atomic mass is 10.1. The zero-order chi connectivity index (χ0) is 30.2. The summed E-state index contributed by atoms with van der Waals surface area (Å²) in [6.45, 7) is 0.477. The van der Waals surface area contributed by atoms with Crippen LogP contribution in [0.2, 0.25) is 10.0 Å². The molecular weight excluding hydrogens is 587 g/mol. The van der Waals surface area contributed by atoms with E-state index in [1.165, 1.54) is 0 Å². The first-order chi connectivity index (χ1) is 20.9. The number of amides is 2. The van der Waals surface area contributed by atoms with E-state index in [0.29, 0.717) is 34.4 Å². The lowest BCUT2D eigenvalue weighted by molar-refractivity contribution is -0.129. The van der Waals surface area contributed by atoms with E-state index >= 15 is 0 Å². The molecule has 0 aliphatic heterocycles. The second-order valence-corrected chi connectivity index (χ2v) is 10.9. The molecule has 2 heterocycles. The first kappa shape index (κ1) is 30.0. The summed E-state index contributed by atoms with van der Waals surface area (Å²) >= 11 is 12.8. The molecule has 0 spiro atoms. The summed E-state index contributed by atoms with van der Waals surface area (Å²) < 4.78 is 1.99. The average Bonchev–Trinajstić information content (AvgIpc) is 3.65. The topological polar surface area (TPSA) is 125 Å². The van der Waals surface area contributed by atoms with Gasteiger partial charge in [0, 0.05) is 39.2 Å². The highest BCUT2D eigenvalue weighted by Crippen LogP contribution is 2.28. The molecule has 5 rings (SSSR count). The van der Waals surface area contributed by atoms with Crippen LogP contribution >= 0.6 is 23.2 Å². The number of carbonyl (C=O) groups excluding carboxylic acids is 2. The van der Waals surface area contributed by atoms with E-state index in [0.717, 1.165) is 59.1 Å². The molecule has 9 nitrogen and oxygen atoms in total. The Morgan fingerprint density at radius 1 is 0.977 bits per heavy atom. The van der Waals surface area contributed by atoms with Crippen LogP contribution in [0.1, 0.15) is 53.6 Å². The summed E-state index contributed by atoms with van der Waals surface area (Å²) in [6.07, 6.45) is 9.65. The molecule has 43 heavy (non-hydrogen) atoms. The standard InChI is InChI=1S/C32H30Cl2N6O3/c33-25-8-6-9-26(34)24(25)19-40-20-35-27-16-15-23(17-29(27)40)28-18-30(38-37-28)36-32(42)22-13-11-21(12-14-22)7-4-2-1-3-5-10-31(41)39-43/h4,6-9,11-18,20,43H,1-3,5,10,19H2,(H,39,41)(H2,36,37,38,42). The van der Waals surface area contributed by atoms with Crippen molar-refractivity contribution >= 4 is 57.9 Å². The monoisotopic (exact) mass is 616 g/mol. The summed E-state index contributed by atoms with van der Waals surface area (Å²) in [5.74, 6) is -0.200. The number of anilines is 1. The number of hydroxylamine groups is 1. The second-order valence-electron chi connectivity index (χ2n) is 10.1. The lowest BCUT2D eigenvalue weighted by Crippen LogP contribution is -2.17. The number of H-pyrrole nitrogens is 1. The molecule has 0 saturated heterocycles. The third-order valence-electron chi connectivity index (χ3n) is 7.02. The van der Waals surface area contributed by atoms with Gasteiger partial charge in [-0.05, 0) is 61.2 Å². The van der Waals surface area contributed by atoms with Crippen LogP contribution in [0, 0.1) is 0 Å². The number of fused-ring (bicyclic) bond motifs is 1. The largest absolute Gasteiger partial charge is 0.326 e. The van der Waals surface area contributed by atoms with Crippen LogP contribution < -0.4 is 10.8 Å². The normalized spacial score (nSPS) is 11.3. The van der Waals surface area contributed by atoms with Gasteiger partial charge in [-0.2, -0.15) is 5.10 Å². The number of nitrogens with zero attached hydrogens (tertiary/aromatic N) is 3. The van der Waals surface area contributed by atoms with Crippen LogP contribution in [0.15, 0.2) is 79.1 Å². The summed E-state index contributed by atoms with van der Waals surface area (Å²) in [5.41, 5.74) is 7.36. The molecule has 0 atom stereocenters. The molecule has 0 radical (unpaired) electrons. The van der Waals surface area contributed by atoms with Crippen molar-refractivity contribution in [2.45, 2.75) is 38.6 Å². The molecule has 0 aliphatic carbocycles. The zero-order valence-electron chi connectivity index (χ0n) is 23.2.